The molecule has 0 fully saturated rings. The van der Waals surface area contributed by atoms with Gasteiger partial charge in [-0.3, -0.25) is 4.98 Å². The zero-order valence-corrected chi connectivity index (χ0v) is 16.5. The number of aromatic nitrogens is 2. The molecule has 13 heteroatoms. The zero-order valence-electron chi connectivity index (χ0n) is 14.8. The molecule has 0 spiro atoms. The van der Waals surface area contributed by atoms with E-state index in [-0.39, 0.29) is 29.5 Å². The second-order valence-corrected chi connectivity index (χ2v) is 8.04. The van der Waals surface area contributed by atoms with Crippen LogP contribution in [0.4, 0.5) is 13.2 Å². The lowest BCUT2D eigenvalue weighted by Crippen LogP contribution is -2.41. The molecule has 0 unspecified atom stereocenters. The SMILES string of the molecule is CCNC(=NCc1nc(C(F)(F)F)cs1)NCCNS(=O)(=O)c1cccnc1. The Morgan fingerprint density at radius 3 is 2.68 bits per heavy atom. The first-order valence-corrected chi connectivity index (χ1v) is 10.5. The van der Waals surface area contributed by atoms with Crippen molar-refractivity contribution in [1.82, 2.24) is 25.3 Å². The number of aliphatic imine (C=N–C) groups is 1. The third-order valence-electron chi connectivity index (χ3n) is 3.21. The first kappa shape index (κ1) is 22.0. The van der Waals surface area contributed by atoms with Crippen LogP contribution in [-0.4, -0.2) is 44.0 Å². The number of pyridine rings is 1. The van der Waals surface area contributed by atoms with Crippen molar-refractivity contribution in [3.8, 4) is 0 Å². The Kier molecular flexibility index (Phi) is 7.71. The lowest BCUT2D eigenvalue weighted by atomic mass is 10.5. The number of alkyl halides is 3. The molecule has 28 heavy (non-hydrogen) atoms. The van der Waals surface area contributed by atoms with Gasteiger partial charge in [0, 0.05) is 37.4 Å². The fraction of sp³-hybridized carbons (Fsp3) is 0.400. The maximum atomic E-state index is 12.6. The molecule has 2 rings (SSSR count). The average molecular weight is 436 g/mol. The first-order chi connectivity index (χ1) is 13.2. The highest BCUT2D eigenvalue weighted by Gasteiger charge is 2.33. The molecule has 0 amide bonds. The van der Waals surface area contributed by atoms with Crippen molar-refractivity contribution in [2.45, 2.75) is 24.5 Å². The van der Waals surface area contributed by atoms with E-state index in [0.29, 0.717) is 12.5 Å². The van der Waals surface area contributed by atoms with E-state index in [1.165, 1.54) is 24.5 Å². The smallest absolute Gasteiger partial charge is 0.357 e. The summed E-state index contributed by atoms with van der Waals surface area (Å²) in [6.07, 6.45) is -1.77. The number of thiazole rings is 1. The minimum Gasteiger partial charge on any atom is -0.357 e. The average Bonchev–Trinajstić information content (AvgIpc) is 3.13. The quantitative estimate of drug-likeness (QED) is 0.330. The lowest BCUT2D eigenvalue weighted by molar-refractivity contribution is -0.140. The monoisotopic (exact) mass is 436 g/mol. The van der Waals surface area contributed by atoms with Crippen LogP contribution in [0.2, 0.25) is 0 Å². The van der Waals surface area contributed by atoms with Gasteiger partial charge in [0.25, 0.3) is 0 Å². The number of nitrogens with zero attached hydrogens (tertiary/aromatic N) is 3. The zero-order chi connectivity index (χ0) is 20.6. The van der Waals surface area contributed by atoms with Crippen LogP contribution in [0.5, 0.6) is 0 Å². The molecule has 3 N–H and O–H groups in total. The van der Waals surface area contributed by atoms with Crippen molar-refractivity contribution >= 4 is 27.3 Å². The van der Waals surface area contributed by atoms with Gasteiger partial charge in [0.1, 0.15) is 9.90 Å². The Bertz CT molecular complexity index is 885. The van der Waals surface area contributed by atoms with Crippen molar-refractivity contribution in [2.75, 3.05) is 19.6 Å². The largest absolute Gasteiger partial charge is 0.434 e. The van der Waals surface area contributed by atoms with E-state index in [9.17, 15) is 21.6 Å². The first-order valence-electron chi connectivity index (χ1n) is 8.16. The van der Waals surface area contributed by atoms with Crippen molar-refractivity contribution in [3.63, 3.8) is 0 Å². The van der Waals surface area contributed by atoms with Crippen molar-refractivity contribution in [2.24, 2.45) is 4.99 Å². The Balaban J connectivity index is 1.87. The molecule has 0 aliphatic rings. The van der Waals surface area contributed by atoms with Gasteiger partial charge in [0.05, 0.1) is 6.54 Å². The number of rotatable bonds is 8. The summed E-state index contributed by atoms with van der Waals surface area (Å²) in [7, 11) is -3.66. The molecule has 0 radical (unpaired) electrons. The molecule has 154 valence electrons. The molecular formula is C15H19F3N6O2S2. The topological polar surface area (TPSA) is 108 Å². The molecule has 0 saturated carbocycles. The Morgan fingerprint density at radius 2 is 2.07 bits per heavy atom. The van der Waals surface area contributed by atoms with Crippen LogP contribution >= 0.6 is 11.3 Å². The van der Waals surface area contributed by atoms with Gasteiger partial charge in [-0.1, -0.05) is 0 Å². The van der Waals surface area contributed by atoms with Crippen LogP contribution in [0.15, 0.2) is 39.8 Å². The van der Waals surface area contributed by atoms with Gasteiger partial charge in [-0.05, 0) is 19.1 Å². The van der Waals surface area contributed by atoms with Crippen molar-refractivity contribution in [1.29, 1.82) is 0 Å². The molecular weight excluding hydrogens is 417 g/mol. The van der Waals surface area contributed by atoms with Crippen LogP contribution in [-0.2, 0) is 22.7 Å². The summed E-state index contributed by atoms with van der Waals surface area (Å²) in [6, 6.07) is 2.95. The van der Waals surface area contributed by atoms with E-state index < -0.39 is 21.9 Å². The van der Waals surface area contributed by atoms with E-state index >= 15 is 0 Å². The lowest BCUT2D eigenvalue weighted by Gasteiger charge is -2.11. The maximum Gasteiger partial charge on any atom is 0.434 e. The molecule has 2 aromatic rings. The van der Waals surface area contributed by atoms with Crippen molar-refractivity contribution < 1.29 is 21.6 Å². The fourth-order valence-electron chi connectivity index (χ4n) is 1.96. The fourth-order valence-corrected chi connectivity index (χ4v) is 3.68. The summed E-state index contributed by atoms with van der Waals surface area (Å²) >= 11 is 0.874. The summed E-state index contributed by atoms with van der Waals surface area (Å²) in [5, 5.41) is 7.00. The molecule has 0 aliphatic heterocycles. The number of sulfonamides is 1. The predicted octanol–water partition coefficient (Wildman–Crippen LogP) is 1.59. The van der Waals surface area contributed by atoms with Gasteiger partial charge in [-0.25, -0.2) is 23.1 Å². The number of hydrogen-bond acceptors (Lipinski definition) is 6. The third kappa shape index (κ3) is 6.73. The van der Waals surface area contributed by atoms with Crippen LogP contribution in [0, 0.1) is 0 Å². The van der Waals surface area contributed by atoms with E-state index in [1.807, 2.05) is 6.92 Å². The number of guanidine groups is 1. The number of nitrogens with one attached hydrogen (secondary N) is 3. The highest BCUT2D eigenvalue weighted by Crippen LogP contribution is 2.30. The van der Waals surface area contributed by atoms with Crippen LogP contribution in [0.25, 0.3) is 0 Å². The minimum atomic E-state index is -4.48. The summed E-state index contributed by atoms with van der Waals surface area (Å²) in [6.45, 7) is 2.62. The predicted molar refractivity (Wildman–Crippen MR) is 99.4 cm³/mol. The molecule has 2 aromatic heterocycles. The van der Waals surface area contributed by atoms with Gasteiger partial charge in [-0.2, -0.15) is 13.2 Å². The second kappa shape index (κ2) is 9.80. The second-order valence-electron chi connectivity index (χ2n) is 5.33. The van der Waals surface area contributed by atoms with Crippen LogP contribution in [0.3, 0.4) is 0 Å². The standard InChI is InChI=1S/C15H19F3N6O2S2/c1-2-20-14(22-9-13-24-12(10-27-13)15(16,17)18)21-6-7-23-28(25,26)11-4-3-5-19-8-11/h3-5,8,10,23H,2,6-7,9H2,1H3,(H2,20,21,22). The van der Waals surface area contributed by atoms with E-state index in [4.69, 9.17) is 0 Å². The van der Waals surface area contributed by atoms with Gasteiger partial charge < -0.3 is 10.6 Å². The minimum absolute atomic E-state index is 0.0303. The van der Waals surface area contributed by atoms with Gasteiger partial charge in [0.2, 0.25) is 10.0 Å². The van der Waals surface area contributed by atoms with Gasteiger partial charge in [0.15, 0.2) is 11.7 Å². The number of halogens is 3. The molecule has 0 atom stereocenters. The molecule has 0 saturated heterocycles. The molecule has 2 heterocycles. The Hall–Kier alpha value is -2.25. The molecule has 8 nitrogen and oxygen atoms in total. The summed E-state index contributed by atoms with van der Waals surface area (Å²) in [5.74, 6) is 0.340. The summed E-state index contributed by atoms with van der Waals surface area (Å²) < 4.78 is 64.3. The van der Waals surface area contributed by atoms with E-state index in [0.717, 1.165) is 16.7 Å². The van der Waals surface area contributed by atoms with Crippen molar-refractivity contribution in [3.05, 3.63) is 40.6 Å². The summed E-state index contributed by atoms with van der Waals surface area (Å²) in [5.41, 5.74) is -0.939. The Labute approximate surface area is 164 Å². The molecule has 0 bridgehead atoms. The van der Waals surface area contributed by atoms with Gasteiger partial charge >= 0.3 is 6.18 Å². The number of hydrogen-bond donors (Lipinski definition) is 3. The highest BCUT2D eigenvalue weighted by molar-refractivity contribution is 7.89. The van der Waals surface area contributed by atoms with Gasteiger partial charge in [-0.15, -0.1) is 11.3 Å². The van der Waals surface area contributed by atoms with Crippen LogP contribution in [0.1, 0.15) is 17.6 Å². The molecule has 0 aliphatic carbocycles. The molecule has 0 aromatic carbocycles. The summed E-state index contributed by atoms with van der Waals surface area (Å²) in [4.78, 5) is 11.5. The van der Waals surface area contributed by atoms with E-state index in [2.05, 4.69) is 30.3 Å². The Morgan fingerprint density at radius 1 is 1.29 bits per heavy atom. The highest BCUT2D eigenvalue weighted by atomic mass is 32.2. The third-order valence-corrected chi connectivity index (χ3v) is 5.49. The van der Waals surface area contributed by atoms with Crippen LogP contribution < -0.4 is 15.4 Å². The maximum absolute atomic E-state index is 12.6. The normalized spacial score (nSPS) is 12.8. The van der Waals surface area contributed by atoms with E-state index in [1.54, 1.807) is 0 Å².